The Bertz CT molecular complexity index is 550. The Morgan fingerprint density at radius 3 is 1.85 bits per heavy atom. The van der Waals surface area contributed by atoms with Crippen LogP contribution in [0.15, 0.2) is 12.2 Å². The molecule has 1 aliphatic rings. The van der Waals surface area contributed by atoms with Crippen molar-refractivity contribution in [2.75, 3.05) is 0 Å². The van der Waals surface area contributed by atoms with Gasteiger partial charge in [0, 0.05) is 11.5 Å². The summed E-state index contributed by atoms with van der Waals surface area (Å²) in [7, 11) is 0. The van der Waals surface area contributed by atoms with Gasteiger partial charge in [0.05, 0.1) is 0 Å². The molecule has 5 atom stereocenters. The van der Waals surface area contributed by atoms with Crippen LogP contribution in [-0.4, -0.2) is 45.8 Å². The molecule has 1 saturated carbocycles. The van der Waals surface area contributed by atoms with Crippen LogP contribution in [-0.2, 0) is 9.53 Å². The zero-order valence-corrected chi connectivity index (χ0v) is 14.5. The fourth-order valence-electron chi connectivity index (χ4n) is 3.07. The van der Waals surface area contributed by atoms with E-state index in [0.717, 1.165) is 0 Å². The van der Waals surface area contributed by atoms with Crippen LogP contribution in [0.3, 0.4) is 0 Å². The molecular weight excluding hydrogens is 370 g/mol. The molecule has 2 N–H and O–H groups in total. The van der Waals surface area contributed by atoms with Gasteiger partial charge in [-0.05, 0) is 46.0 Å². The van der Waals surface area contributed by atoms with Gasteiger partial charge in [0.1, 0.15) is 6.10 Å². The molecular formula is C16H22F6O4. The third kappa shape index (κ3) is 4.33. The molecule has 1 rings (SSSR count). The maximum Gasteiger partial charge on any atom is 0.417 e. The number of esters is 1. The maximum absolute atomic E-state index is 13.3. The van der Waals surface area contributed by atoms with Crippen molar-refractivity contribution in [3.05, 3.63) is 12.2 Å². The monoisotopic (exact) mass is 392 g/mol. The smallest absolute Gasteiger partial charge is 0.417 e. The number of carbonyl (C=O) groups is 1. The van der Waals surface area contributed by atoms with E-state index in [2.05, 4.69) is 6.58 Å². The minimum atomic E-state index is -5.17. The predicted octanol–water partition coefficient (Wildman–Crippen LogP) is 3.52. The van der Waals surface area contributed by atoms with Gasteiger partial charge in [0.25, 0.3) is 0 Å². The lowest BCUT2D eigenvalue weighted by molar-refractivity contribution is -0.304. The summed E-state index contributed by atoms with van der Waals surface area (Å²) in [4.78, 5) is 11.7. The molecule has 26 heavy (non-hydrogen) atoms. The van der Waals surface area contributed by atoms with Crippen LogP contribution in [0.1, 0.15) is 40.0 Å². The van der Waals surface area contributed by atoms with E-state index in [1.165, 1.54) is 6.92 Å². The van der Waals surface area contributed by atoms with Gasteiger partial charge >= 0.3 is 18.3 Å². The van der Waals surface area contributed by atoms with Gasteiger partial charge < -0.3 is 14.9 Å². The summed E-state index contributed by atoms with van der Waals surface area (Å²) in [6.07, 6.45) is -13.2. The first-order chi connectivity index (χ1) is 11.4. The normalized spacial score (nSPS) is 29.4. The van der Waals surface area contributed by atoms with Crippen molar-refractivity contribution in [2.24, 2.45) is 11.8 Å². The van der Waals surface area contributed by atoms with Gasteiger partial charge in [0.2, 0.25) is 0 Å². The third-order valence-electron chi connectivity index (χ3n) is 5.06. The Balaban J connectivity index is 3.22. The van der Waals surface area contributed by atoms with E-state index in [4.69, 9.17) is 4.74 Å². The second kappa shape index (κ2) is 7.03. The van der Waals surface area contributed by atoms with E-state index in [-0.39, 0.29) is 18.4 Å². The summed E-state index contributed by atoms with van der Waals surface area (Å²) in [5.41, 5.74) is -6.75. The zero-order valence-electron chi connectivity index (χ0n) is 14.5. The van der Waals surface area contributed by atoms with E-state index in [1.54, 1.807) is 0 Å². The zero-order chi connectivity index (χ0) is 20.7. The number of aliphatic hydroxyl groups is 2. The van der Waals surface area contributed by atoms with Gasteiger partial charge in [-0.2, -0.15) is 26.3 Å². The molecule has 0 spiro atoms. The molecule has 1 fully saturated rings. The first kappa shape index (κ1) is 22.8. The molecule has 0 aliphatic heterocycles. The fraction of sp³-hybridized carbons (Fsp3) is 0.812. The summed E-state index contributed by atoms with van der Waals surface area (Å²) < 4.78 is 83.9. The van der Waals surface area contributed by atoms with Crippen LogP contribution >= 0.6 is 0 Å². The van der Waals surface area contributed by atoms with E-state index >= 15 is 0 Å². The lowest BCUT2D eigenvalue weighted by Crippen LogP contribution is -2.59. The molecule has 0 saturated heterocycles. The quantitative estimate of drug-likeness (QED) is 0.437. The second-order valence-corrected chi connectivity index (χ2v) is 7.13. The molecule has 5 unspecified atom stereocenters. The molecule has 0 amide bonds. The maximum atomic E-state index is 13.3. The van der Waals surface area contributed by atoms with Crippen molar-refractivity contribution < 1.29 is 46.1 Å². The Hall–Kier alpha value is -1.29. The van der Waals surface area contributed by atoms with Crippen LogP contribution < -0.4 is 0 Å². The number of hydrogen-bond donors (Lipinski definition) is 2. The lowest BCUT2D eigenvalue weighted by Gasteiger charge is -2.47. The van der Waals surface area contributed by atoms with Gasteiger partial charge in [-0.15, -0.1) is 0 Å². The van der Waals surface area contributed by atoms with Gasteiger partial charge in [-0.1, -0.05) is 6.58 Å². The number of ether oxygens (including phenoxy) is 1. The highest BCUT2D eigenvalue weighted by Gasteiger charge is 2.62. The highest BCUT2D eigenvalue weighted by atomic mass is 19.4. The predicted molar refractivity (Wildman–Crippen MR) is 78.9 cm³/mol. The number of hydrogen-bond acceptors (Lipinski definition) is 4. The SMILES string of the molecule is C=C(C)C(=O)OC1CCC(C(C)(O)C(F)(F)F)CC1C(C)(O)C(F)(F)F. The Morgan fingerprint density at radius 1 is 1.00 bits per heavy atom. The molecule has 0 radical (unpaired) electrons. The largest absolute Gasteiger partial charge is 0.459 e. The van der Waals surface area contributed by atoms with Crippen molar-refractivity contribution >= 4 is 5.97 Å². The van der Waals surface area contributed by atoms with Crippen LogP contribution in [0.25, 0.3) is 0 Å². The highest BCUT2D eigenvalue weighted by Crippen LogP contribution is 2.50. The summed E-state index contributed by atoms with van der Waals surface area (Å²) in [6.45, 7) is 5.46. The van der Waals surface area contributed by atoms with E-state index in [1.807, 2.05) is 0 Å². The Labute approximate surface area is 146 Å². The van der Waals surface area contributed by atoms with Crippen molar-refractivity contribution in [1.29, 1.82) is 0 Å². The molecule has 10 heteroatoms. The van der Waals surface area contributed by atoms with Gasteiger partial charge in [-0.3, -0.25) is 0 Å². The third-order valence-corrected chi connectivity index (χ3v) is 5.06. The minimum Gasteiger partial charge on any atom is -0.459 e. The molecule has 0 aromatic rings. The number of rotatable bonds is 4. The highest BCUT2D eigenvalue weighted by molar-refractivity contribution is 5.87. The molecule has 152 valence electrons. The van der Waals surface area contributed by atoms with E-state index in [9.17, 15) is 41.4 Å². The van der Waals surface area contributed by atoms with E-state index in [0.29, 0.717) is 13.8 Å². The molecule has 0 aromatic heterocycles. The Kier molecular flexibility index (Phi) is 6.15. The first-order valence-corrected chi connectivity index (χ1v) is 7.87. The summed E-state index contributed by atoms with van der Waals surface area (Å²) in [5.74, 6) is -4.47. The number of alkyl halides is 6. The Morgan fingerprint density at radius 2 is 1.46 bits per heavy atom. The van der Waals surface area contributed by atoms with Crippen LogP contribution in [0.4, 0.5) is 26.3 Å². The summed E-state index contributed by atoms with van der Waals surface area (Å²) >= 11 is 0. The van der Waals surface area contributed by atoms with E-state index < -0.39 is 53.9 Å². The van der Waals surface area contributed by atoms with Crippen molar-refractivity contribution in [1.82, 2.24) is 0 Å². The van der Waals surface area contributed by atoms with Crippen molar-refractivity contribution in [2.45, 2.75) is 69.7 Å². The average Bonchev–Trinajstić information content (AvgIpc) is 2.44. The molecule has 0 aromatic carbocycles. The molecule has 0 heterocycles. The first-order valence-electron chi connectivity index (χ1n) is 7.87. The van der Waals surface area contributed by atoms with Crippen molar-refractivity contribution in [3.63, 3.8) is 0 Å². The summed E-state index contributed by atoms with van der Waals surface area (Å²) in [6, 6.07) is 0. The second-order valence-electron chi connectivity index (χ2n) is 7.13. The standard InChI is InChI=1S/C16H22F6O4/c1-8(2)12(23)26-11-6-5-9(13(3,24)15(17,18)19)7-10(11)14(4,25)16(20,21)22/h9-11,24-25H,1,5-7H2,2-4H3. The number of carbonyl (C=O) groups excluding carboxylic acids is 1. The molecule has 4 nitrogen and oxygen atoms in total. The molecule has 0 bridgehead atoms. The fourth-order valence-corrected chi connectivity index (χ4v) is 3.07. The van der Waals surface area contributed by atoms with Crippen molar-refractivity contribution in [3.8, 4) is 0 Å². The molecule has 1 aliphatic carbocycles. The summed E-state index contributed by atoms with van der Waals surface area (Å²) in [5, 5.41) is 19.8. The number of halogens is 6. The van der Waals surface area contributed by atoms with Gasteiger partial charge in [0.15, 0.2) is 11.2 Å². The lowest BCUT2D eigenvalue weighted by atomic mass is 9.66. The minimum absolute atomic E-state index is 0.0974. The van der Waals surface area contributed by atoms with Crippen LogP contribution in [0, 0.1) is 11.8 Å². The van der Waals surface area contributed by atoms with Crippen LogP contribution in [0.5, 0.6) is 0 Å². The van der Waals surface area contributed by atoms with Crippen LogP contribution in [0.2, 0.25) is 0 Å². The topological polar surface area (TPSA) is 66.8 Å². The van der Waals surface area contributed by atoms with Gasteiger partial charge in [-0.25, -0.2) is 4.79 Å². The average molecular weight is 392 g/mol.